The minimum atomic E-state index is -1.15. The Morgan fingerprint density at radius 2 is 1.85 bits per heavy atom. The van der Waals surface area contributed by atoms with Gasteiger partial charge in [0.2, 0.25) is 11.8 Å². The van der Waals surface area contributed by atoms with E-state index in [-0.39, 0.29) is 16.3 Å². The molecule has 1 aromatic rings. The third-order valence-electron chi connectivity index (χ3n) is 2.10. The van der Waals surface area contributed by atoms with Crippen molar-refractivity contribution in [2.45, 2.75) is 25.8 Å². The van der Waals surface area contributed by atoms with E-state index in [2.05, 4.69) is 20.8 Å². The smallest absolute Gasteiger partial charge is 0.340 e. The van der Waals surface area contributed by atoms with E-state index in [1.54, 1.807) is 13.8 Å². The molecule has 9 heteroatoms. The molecule has 3 N–H and O–H groups in total. The maximum atomic E-state index is 11.4. The topological polar surface area (TPSA) is 121 Å². The average Bonchev–Trinajstić information content (AvgIpc) is 2.32. The zero-order valence-electron chi connectivity index (χ0n) is 11.2. The van der Waals surface area contributed by atoms with E-state index in [4.69, 9.17) is 5.11 Å². The summed E-state index contributed by atoms with van der Waals surface area (Å²) in [4.78, 5) is 41.2. The van der Waals surface area contributed by atoms with E-state index in [0.29, 0.717) is 11.5 Å². The fourth-order valence-electron chi connectivity index (χ4n) is 1.36. The molecule has 0 spiro atoms. The lowest BCUT2D eigenvalue weighted by Gasteiger charge is -2.09. The van der Waals surface area contributed by atoms with Crippen LogP contribution in [0.3, 0.4) is 0 Å². The molecule has 0 aliphatic rings. The number of carbonyl (C=O) groups is 3. The molecule has 108 valence electrons. The molecule has 0 saturated carbocycles. The van der Waals surface area contributed by atoms with Gasteiger partial charge in [0.25, 0.3) is 0 Å². The minimum absolute atomic E-state index is 0.0204. The van der Waals surface area contributed by atoms with Crippen molar-refractivity contribution in [2.75, 3.05) is 5.75 Å². The number of nitrogens with one attached hydrogen (secondary N) is 2. The number of carbonyl (C=O) groups excluding carboxylic acids is 2. The molecule has 0 aromatic carbocycles. The van der Waals surface area contributed by atoms with E-state index in [1.807, 2.05) is 0 Å². The Balaban J connectivity index is 2.79. The van der Waals surface area contributed by atoms with Crippen LogP contribution in [0, 0.1) is 13.8 Å². The third-order valence-corrected chi connectivity index (χ3v) is 3.08. The number of carboxylic acids is 1. The Labute approximate surface area is 119 Å². The lowest BCUT2D eigenvalue weighted by molar-refractivity contribution is -0.126. The number of aromatic nitrogens is 2. The predicted octanol–water partition coefficient (Wildman–Crippen LogP) is 0.0510. The molecule has 0 aliphatic carbocycles. The molecule has 1 heterocycles. The molecule has 0 fully saturated rings. The van der Waals surface area contributed by atoms with E-state index in [9.17, 15) is 14.4 Å². The third kappa shape index (κ3) is 4.50. The second-order valence-corrected chi connectivity index (χ2v) is 4.82. The highest BCUT2D eigenvalue weighted by atomic mass is 32.2. The summed E-state index contributed by atoms with van der Waals surface area (Å²) < 4.78 is 0. The van der Waals surface area contributed by atoms with E-state index >= 15 is 0 Å². The lowest BCUT2D eigenvalue weighted by Crippen LogP contribution is -2.41. The maximum absolute atomic E-state index is 11.4. The summed E-state index contributed by atoms with van der Waals surface area (Å²) in [5, 5.41) is 9.35. The number of amides is 2. The van der Waals surface area contributed by atoms with Gasteiger partial charge in [0.05, 0.1) is 11.4 Å². The zero-order chi connectivity index (χ0) is 15.3. The quantitative estimate of drug-likeness (QED) is 0.408. The number of hydrogen-bond donors (Lipinski definition) is 3. The van der Waals surface area contributed by atoms with E-state index in [0.717, 1.165) is 11.8 Å². The van der Waals surface area contributed by atoms with Crippen molar-refractivity contribution in [1.29, 1.82) is 0 Å². The van der Waals surface area contributed by atoms with Crippen LogP contribution >= 0.6 is 11.8 Å². The summed E-state index contributed by atoms with van der Waals surface area (Å²) >= 11 is 0.968. The average molecular weight is 298 g/mol. The van der Waals surface area contributed by atoms with Gasteiger partial charge in [-0.15, -0.1) is 0 Å². The summed E-state index contributed by atoms with van der Waals surface area (Å²) in [5.41, 5.74) is 4.64. The molecular formula is C11H14N4O4S. The Morgan fingerprint density at radius 3 is 2.40 bits per heavy atom. The van der Waals surface area contributed by atoms with Crippen molar-refractivity contribution in [2.24, 2.45) is 0 Å². The Kier molecular flexibility index (Phi) is 5.44. The van der Waals surface area contributed by atoms with Crippen molar-refractivity contribution < 1.29 is 19.5 Å². The standard InChI is InChI=1S/C11H14N4O4S/c1-5-9(11(18)19)10(13-6(2)12-5)20-4-8(17)15-14-7(3)16/h4H2,1-3H3,(H,14,16)(H,15,17)(H,18,19). The first-order valence-corrected chi connectivity index (χ1v) is 6.56. The Hall–Kier alpha value is -2.16. The van der Waals surface area contributed by atoms with Gasteiger partial charge < -0.3 is 5.11 Å². The van der Waals surface area contributed by atoms with Crippen molar-refractivity contribution in [3.63, 3.8) is 0 Å². The fourth-order valence-corrected chi connectivity index (χ4v) is 2.28. The summed E-state index contributed by atoms with van der Waals surface area (Å²) in [5.74, 6) is -1.65. The zero-order valence-corrected chi connectivity index (χ0v) is 12.0. The first kappa shape index (κ1) is 15.9. The lowest BCUT2D eigenvalue weighted by atomic mass is 10.2. The first-order valence-electron chi connectivity index (χ1n) is 5.58. The van der Waals surface area contributed by atoms with E-state index in [1.165, 1.54) is 6.92 Å². The molecule has 1 rings (SSSR count). The van der Waals surface area contributed by atoms with Gasteiger partial charge in [-0.2, -0.15) is 0 Å². The van der Waals surface area contributed by atoms with Crippen LogP contribution in [0.5, 0.6) is 0 Å². The highest BCUT2D eigenvalue weighted by Gasteiger charge is 2.18. The van der Waals surface area contributed by atoms with Gasteiger partial charge in [0.1, 0.15) is 16.4 Å². The number of hydrogen-bond acceptors (Lipinski definition) is 6. The molecule has 2 amide bonds. The summed E-state index contributed by atoms with van der Waals surface area (Å²) in [7, 11) is 0. The van der Waals surface area contributed by atoms with Gasteiger partial charge in [-0.3, -0.25) is 20.4 Å². The number of nitrogens with zero attached hydrogens (tertiary/aromatic N) is 2. The van der Waals surface area contributed by atoms with Crippen LogP contribution in [0.25, 0.3) is 0 Å². The van der Waals surface area contributed by atoms with Gasteiger partial charge in [-0.05, 0) is 13.8 Å². The molecule has 0 unspecified atom stereocenters. The molecule has 8 nitrogen and oxygen atoms in total. The van der Waals surface area contributed by atoms with Crippen LogP contribution < -0.4 is 10.9 Å². The van der Waals surface area contributed by atoms with Crippen LogP contribution in [-0.2, 0) is 9.59 Å². The van der Waals surface area contributed by atoms with Crippen molar-refractivity contribution >= 4 is 29.5 Å². The maximum Gasteiger partial charge on any atom is 0.340 e. The van der Waals surface area contributed by atoms with Crippen molar-refractivity contribution in [3.8, 4) is 0 Å². The molecule has 0 bridgehead atoms. The minimum Gasteiger partial charge on any atom is -0.478 e. The highest BCUT2D eigenvalue weighted by molar-refractivity contribution is 8.00. The van der Waals surface area contributed by atoms with Gasteiger partial charge >= 0.3 is 5.97 Å². The number of rotatable bonds is 4. The Bertz CT molecular complexity index is 562. The number of hydrazine groups is 1. The van der Waals surface area contributed by atoms with Crippen LogP contribution in [0.2, 0.25) is 0 Å². The number of aryl methyl sites for hydroxylation is 2. The first-order chi connectivity index (χ1) is 9.31. The van der Waals surface area contributed by atoms with E-state index < -0.39 is 17.8 Å². The molecule has 0 radical (unpaired) electrons. The molecular weight excluding hydrogens is 284 g/mol. The van der Waals surface area contributed by atoms with Gasteiger partial charge in [-0.25, -0.2) is 14.8 Å². The normalized spacial score (nSPS) is 9.95. The second-order valence-electron chi connectivity index (χ2n) is 3.86. The van der Waals surface area contributed by atoms with Crippen molar-refractivity contribution in [1.82, 2.24) is 20.8 Å². The highest BCUT2D eigenvalue weighted by Crippen LogP contribution is 2.22. The second kappa shape index (κ2) is 6.85. The van der Waals surface area contributed by atoms with Crippen molar-refractivity contribution in [3.05, 3.63) is 17.1 Å². The molecule has 1 aromatic heterocycles. The van der Waals surface area contributed by atoms with Gasteiger partial charge in [0, 0.05) is 6.92 Å². The van der Waals surface area contributed by atoms with Crippen LogP contribution in [-0.4, -0.2) is 38.6 Å². The number of aromatic carboxylic acids is 1. The molecule has 0 saturated heterocycles. The summed E-state index contributed by atoms with van der Waals surface area (Å²) in [6.07, 6.45) is 0. The fraction of sp³-hybridized carbons (Fsp3) is 0.364. The van der Waals surface area contributed by atoms with Crippen LogP contribution in [0.4, 0.5) is 0 Å². The SMILES string of the molecule is CC(=O)NNC(=O)CSc1nc(C)nc(C)c1C(=O)O. The molecule has 0 aliphatic heterocycles. The number of carboxylic acid groups (broad SMARTS) is 1. The monoisotopic (exact) mass is 298 g/mol. The number of thioether (sulfide) groups is 1. The Morgan fingerprint density at radius 1 is 1.20 bits per heavy atom. The van der Waals surface area contributed by atoms with Crippen LogP contribution in [0.15, 0.2) is 5.03 Å². The van der Waals surface area contributed by atoms with Gasteiger partial charge in [-0.1, -0.05) is 11.8 Å². The largest absolute Gasteiger partial charge is 0.478 e. The summed E-state index contributed by atoms with van der Waals surface area (Å²) in [6, 6.07) is 0. The van der Waals surface area contributed by atoms with Gasteiger partial charge in [0.15, 0.2) is 0 Å². The summed E-state index contributed by atoms with van der Waals surface area (Å²) in [6.45, 7) is 4.47. The predicted molar refractivity (Wildman–Crippen MR) is 71.1 cm³/mol. The van der Waals surface area contributed by atoms with Crippen LogP contribution in [0.1, 0.15) is 28.8 Å². The molecule has 0 atom stereocenters. The molecule has 20 heavy (non-hydrogen) atoms.